The lowest BCUT2D eigenvalue weighted by atomic mass is 10.2. The van der Waals surface area contributed by atoms with Gasteiger partial charge in [0.15, 0.2) is 5.96 Å². The Morgan fingerprint density at radius 2 is 1.71 bits per heavy atom. The molecule has 1 aliphatic heterocycles. The summed E-state index contributed by atoms with van der Waals surface area (Å²) in [6.07, 6.45) is 0. The Labute approximate surface area is 186 Å². The minimum Gasteiger partial charge on any atom is -0.370 e. The molecule has 2 aromatic carbocycles. The molecule has 0 unspecified atom stereocenters. The zero-order valence-corrected chi connectivity index (χ0v) is 18.9. The van der Waals surface area contributed by atoms with E-state index in [4.69, 9.17) is 0 Å². The van der Waals surface area contributed by atoms with Crippen molar-refractivity contribution in [1.82, 2.24) is 10.6 Å². The molecule has 2 aromatic rings. The van der Waals surface area contributed by atoms with E-state index in [1.165, 1.54) is 23.3 Å². The highest BCUT2D eigenvalue weighted by Crippen LogP contribution is 2.19. The van der Waals surface area contributed by atoms with Gasteiger partial charge in [-0.05, 0) is 35.9 Å². The topological polar surface area (TPSA) is 39.7 Å². The third kappa shape index (κ3) is 6.51. The van der Waals surface area contributed by atoms with Crippen LogP contribution in [0.1, 0.15) is 11.1 Å². The third-order valence-electron chi connectivity index (χ3n) is 4.45. The van der Waals surface area contributed by atoms with Crippen LogP contribution in [-0.4, -0.2) is 37.6 Å². The molecule has 1 fully saturated rings. The summed E-state index contributed by atoms with van der Waals surface area (Å²) in [6.45, 7) is 2.95. The largest absolute Gasteiger partial charge is 0.370 e. The van der Waals surface area contributed by atoms with Gasteiger partial charge < -0.3 is 15.5 Å². The fraction of sp³-hybridized carbons (Fsp3) is 0.350. The molecule has 1 saturated heterocycles. The number of thioether (sulfide) groups is 1. The molecular weight excluding hydrogens is 493 g/mol. The summed E-state index contributed by atoms with van der Waals surface area (Å²) >= 11 is 2.00. The van der Waals surface area contributed by atoms with Gasteiger partial charge in [0.2, 0.25) is 0 Å². The lowest BCUT2D eigenvalue weighted by Crippen LogP contribution is -2.36. The summed E-state index contributed by atoms with van der Waals surface area (Å²) < 4.78 is 26.9. The Bertz CT molecular complexity index is 780. The van der Waals surface area contributed by atoms with Crippen molar-refractivity contribution in [3.8, 4) is 0 Å². The first-order chi connectivity index (χ1) is 13.2. The third-order valence-corrected chi connectivity index (χ3v) is 5.39. The van der Waals surface area contributed by atoms with E-state index in [0.717, 1.165) is 30.8 Å². The maximum absolute atomic E-state index is 13.7. The van der Waals surface area contributed by atoms with E-state index in [-0.39, 0.29) is 36.1 Å². The van der Waals surface area contributed by atoms with Crippen molar-refractivity contribution < 1.29 is 8.78 Å². The normalized spacial score (nSPS) is 14.4. The monoisotopic (exact) mass is 518 g/mol. The van der Waals surface area contributed by atoms with Gasteiger partial charge >= 0.3 is 0 Å². The fourth-order valence-electron chi connectivity index (χ4n) is 2.91. The standard InChI is InChI=1S/C20H24F2N4S.HI/c1-23-20(25-14-16-12-17(21)4-7-19(16)22)24-13-15-2-5-18(6-3-15)26-8-10-27-11-9-26;/h2-7,12H,8-11,13-14H2,1H3,(H2,23,24,25);1H. The summed E-state index contributed by atoms with van der Waals surface area (Å²) in [4.78, 5) is 6.53. The van der Waals surface area contributed by atoms with Crippen LogP contribution in [0.15, 0.2) is 47.5 Å². The molecule has 0 radical (unpaired) electrons. The van der Waals surface area contributed by atoms with E-state index >= 15 is 0 Å². The molecule has 0 atom stereocenters. The van der Waals surface area contributed by atoms with Crippen LogP contribution >= 0.6 is 35.7 Å². The Morgan fingerprint density at radius 3 is 2.39 bits per heavy atom. The number of rotatable bonds is 5. The Kier molecular flexibility index (Phi) is 9.30. The number of guanidine groups is 1. The van der Waals surface area contributed by atoms with E-state index in [1.807, 2.05) is 11.8 Å². The van der Waals surface area contributed by atoms with Gasteiger partial charge in [0.05, 0.1) is 0 Å². The summed E-state index contributed by atoms with van der Waals surface area (Å²) in [6, 6.07) is 11.9. The van der Waals surface area contributed by atoms with Crippen molar-refractivity contribution in [2.24, 2.45) is 4.99 Å². The van der Waals surface area contributed by atoms with Crippen molar-refractivity contribution in [3.05, 3.63) is 65.2 Å². The van der Waals surface area contributed by atoms with Crippen LogP contribution in [0.2, 0.25) is 0 Å². The summed E-state index contributed by atoms with van der Waals surface area (Å²) in [5.41, 5.74) is 2.65. The van der Waals surface area contributed by atoms with Crippen molar-refractivity contribution in [2.45, 2.75) is 13.1 Å². The molecule has 1 aliphatic rings. The molecule has 0 bridgehead atoms. The maximum atomic E-state index is 13.7. The molecule has 0 amide bonds. The zero-order valence-electron chi connectivity index (χ0n) is 15.8. The molecule has 0 spiro atoms. The van der Waals surface area contributed by atoms with Gasteiger partial charge in [0, 0.05) is 56.0 Å². The van der Waals surface area contributed by atoms with Crippen LogP contribution in [0, 0.1) is 11.6 Å². The molecule has 152 valence electrons. The van der Waals surface area contributed by atoms with E-state index in [0.29, 0.717) is 12.5 Å². The van der Waals surface area contributed by atoms with Crippen LogP contribution in [0.4, 0.5) is 14.5 Å². The highest BCUT2D eigenvalue weighted by molar-refractivity contribution is 14.0. The molecule has 1 heterocycles. The van der Waals surface area contributed by atoms with Gasteiger partial charge in [-0.25, -0.2) is 8.78 Å². The van der Waals surface area contributed by atoms with Gasteiger partial charge in [-0.2, -0.15) is 11.8 Å². The molecule has 2 N–H and O–H groups in total. The molecule has 0 aromatic heterocycles. The molecule has 8 heteroatoms. The molecule has 0 aliphatic carbocycles. The predicted molar refractivity (Wildman–Crippen MR) is 125 cm³/mol. The first-order valence-corrected chi connectivity index (χ1v) is 10.1. The summed E-state index contributed by atoms with van der Waals surface area (Å²) in [5.74, 6) is 2.00. The van der Waals surface area contributed by atoms with Crippen LogP contribution < -0.4 is 15.5 Å². The van der Waals surface area contributed by atoms with E-state index in [2.05, 4.69) is 44.8 Å². The van der Waals surface area contributed by atoms with Crippen LogP contribution in [-0.2, 0) is 13.1 Å². The predicted octanol–water partition coefficient (Wildman–Crippen LogP) is 4.00. The minimum absolute atomic E-state index is 0. The molecular formula is C20H25F2IN4S. The fourth-order valence-corrected chi connectivity index (χ4v) is 3.81. The number of nitrogens with zero attached hydrogens (tertiary/aromatic N) is 2. The zero-order chi connectivity index (χ0) is 19.1. The van der Waals surface area contributed by atoms with Crippen LogP contribution in [0.5, 0.6) is 0 Å². The molecule has 0 saturated carbocycles. The smallest absolute Gasteiger partial charge is 0.191 e. The average molecular weight is 518 g/mol. The minimum atomic E-state index is -0.455. The average Bonchev–Trinajstić information content (AvgIpc) is 2.71. The second-order valence-electron chi connectivity index (χ2n) is 6.28. The SMILES string of the molecule is CN=C(NCc1ccc(N2CCSCC2)cc1)NCc1cc(F)ccc1F.I. The number of benzene rings is 2. The Morgan fingerprint density at radius 1 is 1.04 bits per heavy atom. The summed E-state index contributed by atoms with van der Waals surface area (Å²) in [7, 11) is 1.65. The first-order valence-electron chi connectivity index (χ1n) is 8.96. The first kappa shape index (κ1) is 22.7. The Hall–Kier alpha value is -1.55. The van der Waals surface area contributed by atoms with Gasteiger partial charge in [0.25, 0.3) is 0 Å². The van der Waals surface area contributed by atoms with E-state index < -0.39 is 11.6 Å². The van der Waals surface area contributed by atoms with Crippen molar-refractivity contribution in [2.75, 3.05) is 36.5 Å². The number of hydrogen-bond donors (Lipinski definition) is 2. The van der Waals surface area contributed by atoms with Gasteiger partial charge in [-0.3, -0.25) is 4.99 Å². The quantitative estimate of drug-likeness (QED) is 0.357. The summed E-state index contributed by atoms with van der Waals surface area (Å²) in [5, 5.41) is 6.20. The van der Waals surface area contributed by atoms with E-state index in [1.54, 1.807) is 7.05 Å². The van der Waals surface area contributed by atoms with Crippen LogP contribution in [0.25, 0.3) is 0 Å². The van der Waals surface area contributed by atoms with Gasteiger partial charge in [-0.1, -0.05) is 12.1 Å². The van der Waals surface area contributed by atoms with Gasteiger partial charge in [-0.15, -0.1) is 24.0 Å². The number of aliphatic imine (C=N–C) groups is 1. The lowest BCUT2D eigenvalue weighted by molar-refractivity contribution is 0.581. The van der Waals surface area contributed by atoms with Crippen molar-refractivity contribution in [3.63, 3.8) is 0 Å². The molecule has 28 heavy (non-hydrogen) atoms. The molecule has 3 rings (SSSR count). The maximum Gasteiger partial charge on any atom is 0.191 e. The number of halogens is 3. The van der Waals surface area contributed by atoms with Crippen molar-refractivity contribution in [1.29, 1.82) is 0 Å². The Balaban J connectivity index is 0.00000280. The highest BCUT2D eigenvalue weighted by Gasteiger charge is 2.11. The van der Waals surface area contributed by atoms with Crippen LogP contribution in [0.3, 0.4) is 0 Å². The van der Waals surface area contributed by atoms with E-state index in [9.17, 15) is 8.78 Å². The number of hydrogen-bond acceptors (Lipinski definition) is 3. The van der Waals surface area contributed by atoms with Crippen molar-refractivity contribution >= 4 is 47.4 Å². The lowest BCUT2D eigenvalue weighted by Gasteiger charge is -2.28. The second kappa shape index (κ2) is 11.5. The number of nitrogens with one attached hydrogen (secondary N) is 2. The highest BCUT2D eigenvalue weighted by atomic mass is 127. The van der Waals surface area contributed by atoms with Gasteiger partial charge in [0.1, 0.15) is 11.6 Å². The second-order valence-corrected chi connectivity index (χ2v) is 7.51. The molecule has 4 nitrogen and oxygen atoms in total. The number of anilines is 1.